The fraction of sp³-hybridized carbons (Fsp3) is 0.455. The molecule has 0 fully saturated rings. The predicted octanol–water partition coefficient (Wildman–Crippen LogP) is 0.359. The first kappa shape index (κ1) is 12.6. The van der Waals surface area contributed by atoms with Gasteiger partial charge < -0.3 is 25.8 Å². The van der Waals surface area contributed by atoms with Crippen LogP contribution >= 0.6 is 0 Å². The monoisotopic (exact) mass is 227 g/mol. The number of aliphatic hydroxyl groups is 1. The van der Waals surface area contributed by atoms with E-state index in [-0.39, 0.29) is 24.7 Å². The van der Waals surface area contributed by atoms with Gasteiger partial charge in [0, 0.05) is 12.6 Å². The Balaban J connectivity index is 2.81. The van der Waals surface area contributed by atoms with Gasteiger partial charge in [0.05, 0.1) is 0 Å². The van der Waals surface area contributed by atoms with E-state index in [0.717, 1.165) is 5.56 Å². The van der Waals surface area contributed by atoms with Crippen LogP contribution in [0.1, 0.15) is 12.5 Å². The van der Waals surface area contributed by atoms with E-state index in [9.17, 15) is 15.3 Å². The highest BCUT2D eigenvalue weighted by atomic mass is 16.5. The molecule has 90 valence electrons. The predicted molar refractivity (Wildman–Crippen MR) is 59.7 cm³/mol. The van der Waals surface area contributed by atoms with Crippen LogP contribution in [0.4, 0.5) is 0 Å². The van der Waals surface area contributed by atoms with E-state index in [2.05, 4.69) is 0 Å². The van der Waals surface area contributed by atoms with E-state index in [1.165, 1.54) is 12.1 Å². The number of rotatable bonds is 5. The van der Waals surface area contributed by atoms with Crippen LogP contribution in [0.2, 0.25) is 0 Å². The molecular weight excluding hydrogens is 210 g/mol. The molecule has 0 saturated heterocycles. The lowest BCUT2D eigenvalue weighted by atomic mass is 10.1. The molecule has 0 saturated carbocycles. The molecule has 0 amide bonds. The number of aromatic hydroxyl groups is 2. The summed E-state index contributed by atoms with van der Waals surface area (Å²) in [5, 5.41) is 27.9. The Bertz CT molecular complexity index is 354. The number of nitrogens with two attached hydrogens (primary N) is 1. The summed E-state index contributed by atoms with van der Waals surface area (Å²) < 4.78 is 5.32. The SMILES string of the molecule is CCc1cc(O)c(O)cc1OC[C@H](O)CN. The van der Waals surface area contributed by atoms with Gasteiger partial charge in [-0.3, -0.25) is 0 Å². The maximum Gasteiger partial charge on any atom is 0.161 e. The molecule has 0 heterocycles. The Hall–Kier alpha value is -1.46. The smallest absolute Gasteiger partial charge is 0.161 e. The van der Waals surface area contributed by atoms with Crippen LogP contribution in [0.15, 0.2) is 12.1 Å². The molecule has 16 heavy (non-hydrogen) atoms. The van der Waals surface area contributed by atoms with Gasteiger partial charge >= 0.3 is 0 Å². The fourth-order valence-corrected chi connectivity index (χ4v) is 1.27. The Morgan fingerprint density at radius 2 is 1.94 bits per heavy atom. The van der Waals surface area contributed by atoms with Crippen molar-refractivity contribution in [3.8, 4) is 17.2 Å². The van der Waals surface area contributed by atoms with Gasteiger partial charge in [0.25, 0.3) is 0 Å². The molecule has 0 radical (unpaired) electrons. The highest BCUT2D eigenvalue weighted by Crippen LogP contribution is 2.33. The molecule has 5 heteroatoms. The van der Waals surface area contributed by atoms with Crippen molar-refractivity contribution in [2.75, 3.05) is 13.2 Å². The van der Waals surface area contributed by atoms with E-state index in [1.54, 1.807) is 0 Å². The second-order valence-corrected chi connectivity index (χ2v) is 3.50. The molecule has 0 aromatic heterocycles. The van der Waals surface area contributed by atoms with Gasteiger partial charge in [-0.15, -0.1) is 0 Å². The Labute approximate surface area is 94.1 Å². The van der Waals surface area contributed by atoms with Gasteiger partial charge in [-0.1, -0.05) is 6.92 Å². The third kappa shape index (κ3) is 3.01. The zero-order valence-corrected chi connectivity index (χ0v) is 9.18. The van der Waals surface area contributed by atoms with Crippen LogP contribution in [0, 0.1) is 0 Å². The van der Waals surface area contributed by atoms with Crippen molar-refractivity contribution in [1.29, 1.82) is 0 Å². The highest BCUT2D eigenvalue weighted by Gasteiger charge is 2.10. The van der Waals surface area contributed by atoms with Crippen LogP contribution in [0.5, 0.6) is 17.2 Å². The van der Waals surface area contributed by atoms with Crippen LogP contribution in [-0.2, 0) is 6.42 Å². The number of benzene rings is 1. The summed E-state index contributed by atoms with van der Waals surface area (Å²) >= 11 is 0. The molecule has 0 spiro atoms. The number of hydrogen-bond donors (Lipinski definition) is 4. The van der Waals surface area contributed by atoms with Crippen molar-refractivity contribution in [2.24, 2.45) is 5.73 Å². The summed E-state index contributed by atoms with van der Waals surface area (Å²) in [6, 6.07) is 2.77. The van der Waals surface area contributed by atoms with Crippen molar-refractivity contribution >= 4 is 0 Å². The summed E-state index contributed by atoms with van der Waals surface area (Å²) in [5.74, 6) is 0.0308. The molecule has 1 rings (SSSR count). The Morgan fingerprint density at radius 1 is 1.31 bits per heavy atom. The molecule has 5 N–H and O–H groups in total. The van der Waals surface area contributed by atoms with Crippen molar-refractivity contribution in [2.45, 2.75) is 19.4 Å². The average molecular weight is 227 g/mol. The molecule has 1 aromatic rings. The third-order valence-corrected chi connectivity index (χ3v) is 2.24. The molecule has 1 aromatic carbocycles. The number of phenolic OH excluding ortho intramolecular Hbond substituents is 2. The normalized spacial score (nSPS) is 12.4. The maximum absolute atomic E-state index is 9.33. The topological polar surface area (TPSA) is 95.9 Å². The first-order chi connectivity index (χ1) is 7.58. The minimum absolute atomic E-state index is 0.0632. The minimum Gasteiger partial charge on any atom is -0.504 e. The number of hydrogen-bond acceptors (Lipinski definition) is 5. The molecule has 1 atom stereocenters. The zero-order chi connectivity index (χ0) is 12.1. The summed E-state index contributed by atoms with van der Waals surface area (Å²) in [7, 11) is 0. The van der Waals surface area contributed by atoms with Crippen LogP contribution < -0.4 is 10.5 Å². The summed E-state index contributed by atoms with van der Waals surface area (Å²) in [6.45, 7) is 2.08. The molecule has 0 aliphatic rings. The highest BCUT2D eigenvalue weighted by molar-refractivity contribution is 5.49. The number of aryl methyl sites for hydroxylation is 1. The molecular formula is C11H17NO4. The van der Waals surface area contributed by atoms with E-state index in [4.69, 9.17) is 10.5 Å². The maximum atomic E-state index is 9.33. The molecule has 0 aliphatic heterocycles. The number of phenols is 2. The minimum atomic E-state index is -0.736. The van der Waals surface area contributed by atoms with Crippen LogP contribution in [0.3, 0.4) is 0 Å². The lowest BCUT2D eigenvalue weighted by Crippen LogP contribution is -2.26. The molecule has 0 aliphatic carbocycles. The second-order valence-electron chi connectivity index (χ2n) is 3.50. The van der Waals surface area contributed by atoms with Gasteiger partial charge in [-0.05, 0) is 18.1 Å². The Morgan fingerprint density at radius 3 is 2.50 bits per heavy atom. The number of ether oxygens (including phenoxy) is 1. The van der Waals surface area contributed by atoms with Crippen LogP contribution in [0.25, 0.3) is 0 Å². The van der Waals surface area contributed by atoms with Gasteiger partial charge in [0.1, 0.15) is 18.5 Å². The van der Waals surface area contributed by atoms with Gasteiger partial charge in [0.2, 0.25) is 0 Å². The third-order valence-electron chi connectivity index (χ3n) is 2.24. The van der Waals surface area contributed by atoms with E-state index in [0.29, 0.717) is 12.2 Å². The largest absolute Gasteiger partial charge is 0.504 e. The van der Waals surface area contributed by atoms with Crippen molar-refractivity contribution in [1.82, 2.24) is 0 Å². The Kier molecular flexibility index (Phi) is 4.39. The first-order valence-electron chi connectivity index (χ1n) is 5.14. The average Bonchev–Trinajstić information content (AvgIpc) is 2.29. The van der Waals surface area contributed by atoms with Crippen molar-refractivity contribution < 1.29 is 20.1 Å². The van der Waals surface area contributed by atoms with E-state index in [1.807, 2.05) is 6.92 Å². The second kappa shape index (κ2) is 5.58. The van der Waals surface area contributed by atoms with E-state index < -0.39 is 6.10 Å². The van der Waals surface area contributed by atoms with Crippen LogP contribution in [-0.4, -0.2) is 34.6 Å². The van der Waals surface area contributed by atoms with E-state index >= 15 is 0 Å². The zero-order valence-electron chi connectivity index (χ0n) is 9.18. The summed E-state index contributed by atoms with van der Waals surface area (Å²) in [4.78, 5) is 0. The molecule has 0 bridgehead atoms. The van der Waals surface area contributed by atoms with Gasteiger partial charge in [0.15, 0.2) is 11.5 Å². The first-order valence-corrected chi connectivity index (χ1v) is 5.14. The van der Waals surface area contributed by atoms with Gasteiger partial charge in [-0.25, -0.2) is 0 Å². The fourth-order valence-electron chi connectivity index (χ4n) is 1.27. The summed E-state index contributed by atoms with van der Waals surface area (Å²) in [6.07, 6.45) is -0.0809. The number of aliphatic hydroxyl groups excluding tert-OH is 1. The molecule has 0 unspecified atom stereocenters. The molecule has 5 nitrogen and oxygen atoms in total. The standard InChI is InChI=1S/C11H17NO4/c1-2-7-3-9(14)10(15)4-11(7)16-6-8(13)5-12/h3-4,8,13-15H,2,5-6,12H2,1H3/t8-/m1/s1. The lowest BCUT2D eigenvalue weighted by molar-refractivity contribution is 0.113. The van der Waals surface area contributed by atoms with Crippen molar-refractivity contribution in [3.63, 3.8) is 0 Å². The summed E-state index contributed by atoms with van der Waals surface area (Å²) in [5.41, 5.74) is 6.00. The quantitative estimate of drug-likeness (QED) is 0.545. The van der Waals surface area contributed by atoms with Crippen molar-refractivity contribution in [3.05, 3.63) is 17.7 Å². The van der Waals surface area contributed by atoms with Gasteiger partial charge in [-0.2, -0.15) is 0 Å². The lowest BCUT2D eigenvalue weighted by Gasteiger charge is -2.14.